The molecule has 0 spiro atoms. The molecular weight excluding hydrogens is 248 g/mol. The fraction of sp³-hybridized carbons (Fsp3) is 1.00. The van der Waals surface area contributed by atoms with Gasteiger partial charge < -0.3 is 9.47 Å². The van der Waals surface area contributed by atoms with Gasteiger partial charge in [0.15, 0.2) is 0 Å². The number of hydrogen-bond donors (Lipinski definition) is 0. The lowest BCUT2D eigenvalue weighted by Crippen LogP contribution is -2.53. The smallest absolute Gasteiger partial charge is 0.0916 e. The molecule has 0 amide bonds. The van der Waals surface area contributed by atoms with Crippen LogP contribution in [0.25, 0.3) is 0 Å². The maximum atomic E-state index is 6.47. The highest BCUT2D eigenvalue weighted by Crippen LogP contribution is 2.37. The van der Waals surface area contributed by atoms with E-state index in [1.54, 1.807) is 0 Å². The maximum absolute atomic E-state index is 6.47. The summed E-state index contributed by atoms with van der Waals surface area (Å²) in [7, 11) is 0. The van der Waals surface area contributed by atoms with Crippen molar-refractivity contribution in [1.29, 1.82) is 0 Å². The summed E-state index contributed by atoms with van der Waals surface area (Å²) in [6.07, 6.45) is 12.0. The zero-order valence-corrected chi connectivity index (χ0v) is 14.3. The van der Waals surface area contributed by atoms with Crippen molar-refractivity contribution in [2.45, 2.75) is 103 Å². The second kappa shape index (κ2) is 9.04. The second-order valence-corrected chi connectivity index (χ2v) is 6.65. The lowest BCUT2D eigenvalue weighted by atomic mass is 9.86. The Kier molecular flexibility index (Phi) is 8.13. The Morgan fingerprint density at radius 1 is 0.600 bits per heavy atom. The number of rotatable bonds is 10. The van der Waals surface area contributed by atoms with Crippen molar-refractivity contribution in [2.75, 3.05) is 13.2 Å². The van der Waals surface area contributed by atoms with Crippen LogP contribution in [0.5, 0.6) is 0 Å². The Morgan fingerprint density at radius 2 is 1.00 bits per heavy atom. The zero-order valence-electron chi connectivity index (χ0n) is 14.3. The minimum atomic E-state index is 0.00539. The quantitative estimate of drug-likeness (QED) is 0.528. The third-order valence-corrected chi connectivity index (χ3v) is 4.67. The molecule has 0 aromatic rings. The van der Waals surface area contributed by atoms with Crippen LogP contribution in [0.4, 0.5) is 0 Å². The van der Waals surface area contributed by atoms with E-state index in [1.807, 2.05) is 0 Å². The van der Waals surface area contributed by atoms with Crippen LogP contribution in [0.15, 0.2) is 0 Å². The van der Waals surface area contributed by atoms with Crippen LogP contribution >= 0.6 is 0 Å². The second-order valence-electron chi connectivity index (χ2n) is 6.65. The fourth-order valence-electron chi connectivity index (χ4n) is 3.39. The maximum Gasteiger partial charge on any atom is 0.0916 e. The molecule has 0 aromatic carbocycles. The minimum absolute atomic E-state index is 0.00539. The first kappa shape index (κ1) is 18.0. The van der Waals surface area contributed by atoms with Gasteiger partial charge in [-0.3, -0.25) is 0 Å². The molecular formula is C18H36O2. The van der Waals surface area contributed by atoms with E-state index in [0.717, 1.165) is 38.9 Å². The first-order valence-corrected chi connectivity index (χ1v) is 8.94. The highest BCUT2D eigenvalue weighted by Gasteiger charge is 2.42. The van der Waals surface area contributed by atoms with E-state index >= 15 is 0 Å². The van der Waals surface area contributed by atoms with Gasteiger partial charge >= 0.3 is 0 Å². The molecule has 0 aliphatic carbocycles. The molecule has 1 rings (SSSR count). The molecule has 0 aromatic heterocycles. The van der Waals surface area contributed by atoms with Crippen LogP contribution in [-0.4, -0.2) is 24.4 Å². The summed E-state index contributed by atoms with van der Waals surface area (Å²) in [5, 5.41) is 0. The van der Waals surface area contributed by atoms with Gasteiger partial charge in [0, 0.05) is 0 Å². The Labute approximate surface area is 126 Å². The summed E-state index contributed by atoms with van der Waals surface area (Å²) >= 11 is 0. The molecule has 2 nitrogen and oxygen atoms in total. The average molecular weight is 284 g/mol. The van der Waals surface area contributed by atoms with Crippen LogP contribution in [0.2, 0.25) is 0 Å². The van der Waals surface area contributed by atoms with Gasteiger partial charge in [-0.1, -0.05) is 66.2 Å². The number of unbranched alkanes of at least 4 members (excludes halogenated alkanes) is 2. The Balaban J connectivity index is 2.64. The summed E-state index contributed by atoms with van der Waals surface area (Å²) in [4.78, 5) is 0. The van der Waals surface area contributed by atoms with Gasteiger partial charge in [0.1, 0.15) is 0 Å². The normalized spacial score (nSPS) is 21.0. The van der Waals surface area contributed by atoms with Crippen LogP contribution in [0, 0.1) is 0 Å². The van der Waals surface area contributed by atoms with E-state index in [2.05, 4.69) is 27.7 Å². The molecule has 1 saturated heterocycles. The average Bonchev–Trinajstić information content (AvgIpc) is 2.46. The predicted molar refractivity (Wildman–Crippen MR) is 86.2 cm³/mol. The van der Waals surface area contributed by atoms with E-state index < -0.39 is 0 Å². The zero-order chi connectivity index (χ0) is 14.9. The summed E-state index contributed by atoms with van der Waals surface area (Å²) in [6, 6.07) is 0. The number of ether oxygens (including phenoxy) is 2. The van der Waals surface area contributed by atoms with E-state index in [0.29, 0.717) is 0 Å². The van der Waals surface area contributed by atoms with Gasteiger partial charge in [0.05, 0.1) is 24.4 Å². The van der Waals surface area contributed by atoms with E-state index in [1.165, 1.54) is 38.5 Å². The van der Waals surface area contributed by atoms with Gasteiger partial charge in [0.25, 0.3) is 0 Å². The summed E-state index contributed by atoms with van der Waals surface area (Å²) < 4.78 is 12.9. The van der Waals surface area contributed by atoms with Crippen molar-refractivity contribution in [3.8, 4) is 0 Å². The lowest BCUT2D eigenvalue weighted by molar-refractivity contribution is -0.245. The summed E-state index contributed by atoms with van der Waals surface area (Å²) in [6.45, 7) is 10.6. The van der Waals surface area contributed by atoms with E-state index in [4.69, 9.17) is 9.47 Å². The Morgan fingerprint density at radius 3 is 1.30 bits per heavy atom. The molecule has 0 unspecified atom stereocenters. The summed E-state index contributed by atoms with van der Waals surface area (Å²) in [5.74, 6) is 0. The van der Waals surface area contributed by atoms with Crippen molar-refractivity contribution >= 4 is 0 Å². The van der Waals surface area contributed by atoms with Gasteiger partial charge in [-0.2, -0.15) is 0 Å². The highest BCUT2D eigenvalue weighted by molar-refractivity contribution is 4.91. The predicted octanol–water partition coefficient (Wildman–Crippen LogP) is 5.49. The molecule has 20 heavy (non-hydrogen) atoms. The highest BCUT2D eigenvalue weighted by atomic mass is 16.6. The van der Waals surface area contributed by atoms with Crippen LogP contribution < -0.4 is 0 Å². The van der Waals surface area contributed by atoms with Crippen molar-refractivity contribution < 1.29 is 9.47 Å². The van der Waals surface area contributed by atoms with Crippen molar-refractivity contribution in [3.05, 3.63) is 0 Å². The molecule has 1 aliphatic heterocycles. The SMILES string of the molecule is CCCCC1(CCCC)COC(CCC)(CCC)CO1. The topological polar surface area (TPSA) is 18.5 Å². The van der Waals surface area contributed by atoms with Crippen LogP contribution in [0.3, 0.4) is 0 Å². The summed E-state index contributed by atoms with van der Waals surface area (Å²) in [5.41, 5.74) is 0.0163. The third-order valence-electron chi connectivity index (χ3n) is 4.67. The van der Waals surface area contributed by atoms with Crippen molar-refractivity contribution in [2.24, 2.45) is 0 Å². The molecule has 0 N–H and O–H groups in total. The van der Waals surface area contributed by atoms with Gasteiger partial charge in [-0.05, 0) is 25.7 Å². The molecule has 0 saturated carbocycles. The van der Waals surface area contributed by atoms with Gasteiger partial charge in [-0.25, -0.2) is 0 Å². The van der Waals surface area contributed by atoms with Crippen LogP contribution in [0.1, 0.15) is 91.9 Å². The molecule has 0 bridgehead atoms. The Bertz CT molecular complexity index is 224. The van der Waals surface area contributed by atoms with Gasteiger partial charge in [-0.15, -0.1) is 0 Å². The van der Waals surface area contributed by atoms with Crippen LogP contribution in [-0.2, 0) is 9.47 Å². The minimum Gasteiger partial charge on any atom is -0.370 e. The largest absolute Gasteiger partial charge is 0.370 e. The molecule has 1 heterocycles. The lowest BCUT2D eigenvalue weighted by Gasteiger charge is -2.47. The molecule has 2 heteroatoms. The standard InChI is InChI=1S/C18H36O2/c1-5-9-13-18(14-10-6-2)16-19-17(11-7-3,12-8-4)15-20-18/h5-16H2,1-4H3. The number of hydrogen-bond acceptors (Lipinski definition) is 2. The Hall–Kier alpha value is -0.0800. The monoisotopic (exact) mass is 284 g/mol. The molecule has 120 valence electrons. The fourth-order valence-corrected chi connectivity index (χ4v) is 3.39. The van der Waals surface area contributed by atoms with Crippen molar-refractivity contribution in [1.82, 2.24) is 0 Å². The molecule has 0 atom stereocenters. The molecule has 1 fully saturated rings. The van der Waals surface area contributed by atoms with Gasteiger partial charge in [0.2, 0.25) is 0 Å². The van der Waals surface area contributed by atoms with Crippen molar-refractivity contribution in [3.63, 3.8) is 0 Å². The first-order chi connectivity index (χ1) is 9.66. The molecule has 1 aliphatic rings. The molecule has 0 radical (unpaired) electrons. The first-order valence-electron chi connectivity index (χ1n) is 8.94. The third kappa shape index (κ3) is 5.04. The van der Waals surface area contributed by atoms with E-state index in [9.17, 15) is 0 Å². The van der Waals surface area contributed by atoms with E-state index in [-0.39, 0.29) is 11.2 Å².